The topological polar surface area (TPSA) is 29.1 Å². The van der Waals surface area contributed by atoms with E-state index in [0.29, 0.717) is 0 Å². The normalized spacial score (nSPS) is 12.6. The molecule has 0 aliphatic carbocycles. The number of alkyl halides is 1. The zero-order valence-corrected chi connectivity index (χ0v) is 12.7. The zero-order valence-electron chi connectivity index (χ0n) is 11.1. The first kappa shape index (κ1) is 14.2. The lowest BCUT2D eigenvalue weighted by molar-refractivity contribution is -0.116. The summed E-state index contributed by atoms with van der Waals surface area (Å²) < 4.78 is 0. The van der Waals surface area contributed by atoms with Crippen molar-refractivity contribution in [3.8, 4) is 0 Å². The van der Waals surface area contributed by atoms with E-state index in [-0.39, 0.29) is 16.7 Å². The van der Waals surface area contributed by atoms with E-state index in [0.717, 1.165) is 16.8 Å². The standard InChI is InChI=1S/C14H20BrNO/c1-8(2)12(15)14(17)16-13-10(4)6-9(3)7-11(13)5/h6-8,12H,1-5H3,(H,16,17)/t12-/m0/s1. The molecule has 0 radical (unpaired) electrons. The average Bonchev–Trinajstić information content (AvgIpc) is 2.21. The number of amides is 1. The van der Waals surface area contributed by atoms with Gasteiger partial charge < -0.3 is 5.32 Å². The summed E-state index contributed by atoms with van der Waals surface area (Å²) >= 11 is 3.42. The highest BCUT2D eigenvalue weighted by molar-refractivity contribution is 9.10. The Kier molecular flexibility index (Phi) is 4.75. The maximum atomic E-state index is 12.0. The van der Waals surface area contributed by atoms with Crippen LogP contribution in [0.3, 0.4) is 0 Å². The van der Waals surface area contributed by atoms with Crippen LogP contribution in [0.5, 0.6) is 0 Å². The van der Waals surface area contributed by atoms with E-state index in [1.165, 1.54) is 5.56 Å². The molecule has 1 atom stereocenters. The largest absolute Gasteiger partial charge is 0.325 e. The Morgan fingerprint density at radius 3 is 2.06 bits per heavy atom. The first-order chi connectivity index (χ1) is 7.82. The summed E-state index contributed by atoms with van der Waals surface area (Å²) in [6.07, 6.45) is 0. The Morgan fingerprint density at radius 2 is 1.65 bits per heavy atom. The van der Waals surface area contributed by atoms with Crippen LogP contribution in [0, 0.1) is 26.7 Å². The molecule has 1 aromatic carbocycles. The molecule has 0 saturated heterocycles. The summed E-state index contributed by atoms with van der Waals surface area (Å²) in [6.45, 7) is 10.1. The molecule has 1 N–H and O–H groups in total. The Morgan fingerprint density at radius 1 is 1.18 bits per heavy atom. The predicted octanol–water partition coefficient (Wildman–Crippen LogP) is 3.97. The molecular weight excluding hydrogens is 278 g/mol. The quantitative estimate of drug-likeness (QED) is 0.841. The number of aryl methyl sites for hydroxylation is 3. The monoisotopic (exact) mass is 297 g/mol. The van der Waals surface area contributed by atoms with E-state index in [2.05, 4.69) is 40.3 Å². The van der Waals surface area contributed by atoms with Gasteiger partial charge in [0.05, 0.1) is 4.83 Å². The van der Waals surface area contributed by atoms with Gasteiger partial charge in [-0.05, 0) is 37.8 Å². The Balaban J connectivity index is 2.93. The number of benzene rings is 1. The summed E-state index contributed by atoms with van der Waals surface area (Å²) in [5.74, 6) is 0.302. The second kappa shape index (κ2) is 5.67. The van der Waals surface area contributed by atoms with Gasteiger partial charge in [-0.2, -0.15) is 0 Å². The minimum atomic E-state index is -0.150. The van der Waals surface area contributed by atoms with Gasteiger partial charge in [0.15, 0.2) is 0 Å². The maximum absolute atomic E-state index is 12.0. The van der Waals surface area contributed by atoms with Gasteiger partial charge in [0.25, 0.3) is 0 Å². The summed E-state index contributed by atoms with van der Waals surface area (Å²) in [6, 6.07) is 4.17. The molecule has 0 heterocycles. The van der Waals surface area contributed by atoms with Crippen LogP contribution < -0.4 is 5.32 Å². The molecular formula is C14H20BrNO. The van der Waals surface area contributed by atoms with Gasteiger partial charge in [0, 0.05) is 5.69 Å². The number of rotatable bonds is 3. The second-order valence-electron chi connectivity index (χ2n) is 4.91. The molecule has 0 saturated carbocycles. The first-order valence-electron chi connectivity index (χ1n) is 5.85. The SMILES string of the molecule is Cc1cc(C)c(NC(=O)[C@@H](Br)C(C)C)c(C)c1. The third-order valence-electron chi connectivity index (χ3n) is 2.76. The van der Waals surface area contributed by atoms with Crippen LogP contribution in [0.25, 0.3) is 0 Å². The maximum Gasteiger partial charge on any atom is 0.238 e. The van der Waals surface area contributed by atoms with Crippen LogP contribution in [0.1, 0.15) is 30.5 Å². The van der Waals surface area contributed by atoms with Crippen molar-refractivity contribution in [2.24, 2.45) is 5.92 Å². The minimum Gasteiger partial charge on any atom is -0.325 e. The van der Waals surface area contributed by atoms with Crippen molar-refractivity contribution >= 4 is 27.5 Å². The predicted molar refractivity (Wildman–Crippen MR) is 76.8 cm³/mol. The molecule has 94 valence electrons. The number of hydrogen-bond acceptors (Lipinski definition) is 1. The second-order valence-corrected chi connectivity index (χ2v) is 5.90. The van der Waals surface area contributed by atoms with Gasteiger partial charge in [0.1, 0.15) is 0 Å². The molecule has 1 amide bonds. The van der Waals surface area contributed by atoms with E-state index in [1.54, 1.807) is 0 Å². The molecule has 1 aromatic rings. The molecule has 2 nitrogen and oxygen atoms in total. The van der Waals surface area contributed by atoms with Gasteiger partial charge in [-0.15, -0.1) is 0 Å². The third kappa shape index (κ3) is 3.56. The van der Waals surface area contributed by atoms with Crippen molar-refractivity contribution < 1.29 is 4.79 Å². The molecule has 0 aliphatic rings. The molecule has 0 fully saturated rings. The highest BCUT2D eigenvalue weighted by Gasteiger charge is 2.19. The van der Waals surface area contributed by atoms with Crippen molar-refractivity contribution in [2.45, 2.75) is 39.4 Å². The Bertz CT molecular complexity index is 403. The van der Waals surface area contributed by atoms with Crippen LogP contribution in [0.2, 0.25) is 0 Å². The van der Waals surface area contributed by atoms with Crippen molar-refractivity contribution in [3.63, 3.8) is 0 Å². The summed E-state index contributed by atoms with van der Waals surface area (Å²) in [7, 11) is 0. The van der Waals surface area contributed by atoms with Gasteiger partial charge in [-0.1, -0.05) is 47.5 Å². The number of nitrogens with one attached hydrogen (secondary N) is 1. The van der Waals surface area contributed by atoms with Crippen LogP contribution in [-0.2, 0) is 4.79 Å². The van der Waals surface area contributed by atoms with E-state index in [1.807, 2.05) is 27.7 Å². The highest BCUT2D eigenvalue weighted by Crippen LogP contribution is 2.23. The van der Waals surface area contributed by atoms with Gasteiger partial charge in [-0.3, -0.25) is 4.79 Å². The smallest absolute Gasteiger partial charge is 0.238 e. The fraction of sp³-hybridized carbons (Fsp3) is 0.500. The Labute approximate surface area is 112 Å². The fourth-order valence-corrected chi connectivity index (χ4v) is 1.99. The van der Waals surface area contributed by atoms with Gasteiger partial charge >= 0.3 is 0 Å². The van der Waals surface area contributed by atoms with Crippen molar-refractivity contribution in [2.75, 3.05) is 5.32 Å². The number of carbonyl (C=O) groups excluding carboxylic acids is 1. The Hall–Kier alpha value is -0.830. The van der Waals surface area contributed by atoms with Gasteiger partial charge in [-0.25, -0.2) is 0 Å². The molecule has 0 unspecified atom stereocenters. The molecule has 0 aromatic heterocycles. The molecule has 0 spiro atoms. The van der Waals surface area contributed by atoms with Crippen molar-refractivity contribution in [3.05, 3.63) is 28.8 Å². The zero-order chi connectivity index (χ0) is 13.2. The number of anilines is 1. The lowest BCUT2D eigenvalue weighted by Crippen LogP contribution is -2.27. The lowest BCUT2D eigenvalue weighted by Gasteiger charge is -2.17. The molecule has 17 heavy (non-hydrogen) atoms. The summed E-state index contributed by atoms with van der Waals surface area (Å²) in [4.78, 5) is 11.8. The van der Waals surface area contributed by atoms with Crippen molar-refractivity contribution in [1.82, 2.24) is 0 Å². The first-order valence-corrected chi connectivity index (χ1v) is 6.77. The van der Waals surface area contributed by atoms with E-state index < -0.39 is 0 Å². The lowest BCUT2D eigenvalue weighted by atomic mass is 10.0. The highest BCUT2D eigenvalue weighted by atomic mass is 79.9. The third-order valence-corrected chi connectivity index (χ3v) is 4.23. The van der Waals surface area contributed by atoms with Crippen LogP contribution >= 0.6 is 15.9 Å². The van der Waals surface area contributed by atoms with E-state index in [4.69, 9.17) is 0 Å². The van der Waals surface area contributed by atoms with E-state index in [9.17, 15) is 4.79 Å². The van der Waals surface area contributed by atoms with Crippen LogP contribution in [0.4, 0.5) is 5.69 Å². The van der Waals surface area contributed by atoms with Gasteiger partial charge in [0.2, 0.25) is 5.91 Å². The molecule has 0 aliphatic heterocycles. The van der Waals surface area contributed by atoms with E-state index >= 15 is 0 Å². The number of halogens is 1. The summed E-state index contributed by atoms with van der Waals surface area (Å²) in [5.41, 5.74) is 4.38. The molecule has 1 rings (SSSR count). The van der Waals surface area contributed by atoms with Crippen molar-refractivity contribution in [1.29, 1.82) is 0 Å². The molecule has 3 heteroatoms. The summed E-state index contributed by atoms with van der Waals surface area (Å²) in [5, 5.41) is 3.00. The minimum absolute atomic E-state index is 0.0232. The average molecular weight is 298 g/mol. The van der Waals surface area contributed by atoms with Crippen LogP contribution in [0.15, 0.2) is 12.1 Å². The fourth-order valence-electron chi connectivity index (χ4n) is 1.87. The number of carbonyl (C=O) groups is 1. The molecule has 0 bridgehead atoms. The van der Waals surface area contributed by atoms with Crippen LogP contribution in [-0.4, -0.2) is 10.7 Å². The number of hydrogen-bond donors (Lipinski definition) is 1.